The maximum absolute atomic E-state index is 10.5. The largest absolute Gasteiger partial charge is 0.512 e. The monoisotopic (exact) mass is 378 g/mol. The van der Waals surface area contributed by atoms with Crippen LogP contribution in [0.15, 0.2) is 47.0 Å². The zero-order valence-electron chi connectivity index (χ0n) is 15.5. The molecule has 1 saturated carbocycles. The second-order valence-electron chi connectivity index (χ2n) is 7.21. The molecule has 1 fully saturated rings. The summed E-state index contributed by atoms with van der Waals surface area (Å²) in [5, 5.41) is 39.5. The molecule has 0 radical (unpaired) electrons. The summed E-state index contributed by atoms with van der Waals surface area (Å²) in [6.07, 6.45) is 12.1. The van der Waals surface area contributed by atoms with Crippen LogP contribution in [0.3, 0.4) is 0 Å². The quantitative estimate of drug-likeness (QED) is 0.266. The zero-order chi connectivity index (χ0) is 19.6. The lowest BCUT2D eigenvalue weighted by Gasteiger charge is -2.22. The van der Waals surface area contributed by atoms with Crippen molar-refractivity contribution in [2.75, 3.05) is 0 Å². The summed E-state index contributed by atoms with van der Waals surface area (Å²) in [7, 11) is 0. The Balaban J connectivity index is 1.82. The predicted molar refractivity (Wildman–Crippen MR) is 101 cm³/mol. The molecule has 0 aliphatic heterocycles. The van der Waals surface area contributed by atoms with Crippen molar-refractivity contribution in [2.45, 2.75) is 63.6 Å². The lowest BCUT2D eigenvalue weighted by Crippen LogP contribution is -2.23. The summed E-state index contributed by atoms with van der Waals surface area (Å²) in [4.78, 5) is 10.5. The highest BCUT2D eigenvalue weighted by molar-refractivity contribution is 5.66. The molecule has 6 heteroatoms. The molecule has 1 heterocycles. The number of aryl methyl sites for hydroxylation is 1. The van der Waals surface area contributed by atoms with Gasteiger partial charge >= 0.3 is 5.97 Å². The standard InChI is InChI=1S/C21H30O6/c22-17(9-6-5-7-15-11-12-27-14-15)21-16(18(23)13-19(21)24)8-3-1-2-4-10-20(25)26/h1,3,9,11-12,14,16,18-19,21-24H,2,4-8,10,13H2,(H,25,26)/b3-1-,17-9+/t16?,18-,19+,21?/m0/s1. The third-order valence-electron chi connectivity index (χ3n) is 5.13. The normalized spacial score (nSPS) is 26.1. The predicted octanol–water partition coefficient (Wildman–Crippen LogP) is 3.60. The van der Waals surface area contributed by atoms with Crippen LogP contribution in [0.1, 0.15) is 50.5 Å². The molecule has 1 aromatic rings. The van der Waals surface area contributed by atoms with Gasteiger partial charge in [-0.2, -0.15) is 0 Å². The first kappa shape index (κ1) is 21.3. The van der Waals surface area contributed by atoms with Crippen molar-refractivity contribution in [1.82, 2.24) is 0 Å². The Bertz CT molecular complexity index is 619. The molecule has 0 aromatic carbocycles. The Labute approximate surface area is 159 Å². The third kappa shape index (κ3) is 6.88. The zero-order valence-corrected chi connectivity index (χ0v) is 15.5. The minimum atomic E-state index is -0.805. The third-order valence-corrected chi connectivity index (χ3v) is 5.13. The Kier molecular flexibility index (Phi) is 8.61. The van der Waals surface area contributed by atoms with E-state index in [0.29, 0.717) is 25.7 Å². The fraction of sp³-hybridized carbons (Fsp3) is 0.571. The van der Waals surface area contributed by atoms with E-state index >= 15 is 0 Å². The number of furan rings is 1. The number of aliphatic hydroxyl groups is 3. The van der Waals surface area contributed by atoms with E-state index in [-0.39, 0.29) is 24.5 Å². The molecule has 27 heavy (non-hydrogen) atoms. The first-order valence-corrected chi connectivity index (χ1v) is 9.62. The van der Waals surface area contributed by atoms with Gasteiger partial charge in [-0.15, -0.1) is 0 Å². The number of allylic oxidation sites excluding steroid dienone is 3. The lowest BCUT2D eigenvalue weighted by molar-refractivity contribution is -0.137. The SMILES string of the molecule is O=C(O)CCC/C=C\CC1C(/C(O)=C\CCCc2ccoc2)[C@H](O)C[C@@H]1O. The Morgan fingerprint density at radius 1 is 1.15 bits per heavy atom. The van der Waals surface area contributed by atoms with Gasteiger partial charge in [-0.05, 0) is 56.2 Å². The number of hydrogen-bond acceptors (Lipinski definition) is 5. The highest BCUT2D eigenvalue weighted by Crippen LogP contribution is 2.39. The molecule has 1 aliphatic rings. The van der Waals surface area contributed by atoms with E-state index < -0.39 is 24.1 Å². The van der Waals surface area contributed by atoms with Gasteiger partial charge < -0.3 is 24.8 Å². The van der Waals surface area contributed by atoms with E-state index in [1.165, 1.54) is 0 Å². The van der Waals surface area contributed by atoms with Crippen molar-refractivity contribution < 1.29 is 29.6 Å². The molecule has 6 nitrogen and oxygen atoms in total. The number of rotatable bonds is 11. The van der Waals surface area contributed by atoms with Gasteiger partial charge in [-0.3, -0.25) is 4.79 Å². The second-order valence-corrected chi connectivity index (χ2v) is 7.21. The number of carbonyl (C=O) groups is 1. The van der Waals surface area contributed by atoms with E-state index in [1.807, 2.05) is 18.2 Å². The van der Waals surface area contributed by atoms with E-state index in [4.69, 9.17) is 9.52 Å². The van der Waals surface area contributed by atoms with Gasteiger partial charge in [-0.25, -0.2) is 0 Å². The molecule has 1 aromatic heterocycles. The van der Waals surface area contributed by atoms with Crippen molar-refractivity contribution in [3.8, 4) is 0 Å². The first-order chi connectivity index (χ1) is 13.0. The van der Waals surface area contributed by atoms with Crippen molar-refractivity contribution in [3.05, 3.63) is 48.1 Å². The molecule has 0 spiro atoms. The van der Waals surface area contributed by atoms with Crippen molar-refractivity contribution >= 4 is 5.97 Å². The summed E-state index contributed by atoms with van der Waals surface area (Å²) in [5.74, 6) is -1.35. The molecule has 0 bridgehead atoms. The van der Waals surface area contributed by atoms with E-state index in [9.17, 15) is 20.1 Å². The summed E-state index contributed by atoms with van der Waals surface area (Å²) < 4.78 is 5.03. The average Bonchev–Trinajstić information content (AvgIpc) is 3.22. The minimum absolute atomic E-state index is 0.139. The smallest absolute Gasteiger partial charge is 0.303 e. The average molecular weight is 378 g/mol. The van der Waals surface area contributed by atoms with Crippen LogP contribution < -0.4 is 0 Å². The molecule has 4 atom stereocenters. The summed E-state index contributed by atoms with van der Waals surface area (Å²) >= 11 is 0. The molecular weight excluding hydrogens is 348 g/mol. The molecule has 0 amide bonds. The number of unbranched alkanes of at least 4 members (excludes halogenated alkanes) is 2. The van der Waals surface area contributed by atoms with Crippen LogP contribution in [0.25, 0.3) is 0 Å². The van der Waals surface area contributed by atoms with Crippen LogP contribution in [0.5, 0.6) is 0 Å². The molecule has 1 aliphatic carbocycles. The van der Waals surface area contributed by atoms with Crippen molar-refractivity contribution in [3.63, 3.8) is 0 Å². The highest BCUT2D eigenvalue weighted by atomic mass is 16.4. The van der Waals surface area contributed by atoms with Crippen molar-refractivity contribution in [2.24, 2.45) is 11.8 Å². The summed E-state index contributed by atoms with van der Waals surface area (Å²) in [6, 6.07) is 1.92. The highest BCUT2D eigenvalue weighted by Gasteiger charge is 2.43. The maximum Gasteiger partial charge on any atom is 0.303 e. The van der Waals surface area contributed by atoms with E-state index in [1.54, 1.807) is 18.6 Å². The van der Waals surface area contributed by atoms with Gasteiger partial charge in [0.25, 0.3) is 0 Å². The van der Waals surface area contributed by atoms with E-state index in [0.717, 1.165) is 18.4 Å². The molecule has 2 rings (SSSR count). The van der Waals surface area contributed by atoms with Crippen molar-refractivity contribution in [1.29, 1.82) is 0 Å². The Morgan fingerprint density at radius 2 is 1.96 bits per heavy atom. The lowest BCUT2D eigenvalue weighted by atomic mass is 9.88. The van der Waals surface area contributed by atoms with Gasteiger partial charge in [0.2, 0.25) is 0 Å². The fourth-order valence-corrected chi connectivity index (χ4v) is 3.68. The molecule has 0 saturated heterocycles. The van der Waals surface area contributed by atoms with Gasteiger partial charge in [0, 0.05) is 24.7 Å². The molecule has 150 valence electrons. The summed E-state index contributed by atoms with van der Waals surface area (Å²) in [6.45, 7) is 0. The fourth-order valence-electron chi connectivity index (χ4n) is 3.68. The van der Waals surface area contributed by atoms with Crippen LogP contribution >= 0.6 is 0 Å². The van der Waals surface area contributed by atoms with E-state index in [2.05, 4.69) is 0 Å². The van der Waals surface area contributed by atoms with Crippen LogP contribution in [-0.4, -0.2) is 38.6 Å². The number of carboxylic acid groups (broad SMARTS) is 1. The summed E-state index contributed by atoms with van der Waals surface area (Å²) in [5.41, 5.74) is 1.12. The Morgan fingerprint density at radius 3 is 2.67 bits per heavy atom. The van der Waals surface area contributed by atoms with Crippen LogP contribution in [0, 0.1) is 11.8 Å². The minimum Gasteiger partial charge on any atom is -0.512 e. The molecule has 2 unspecified atom stereocenters. The molecule has 4 N–H and O–H groups in total. The molecular formula is C21H30O6. The van der Waals surface area contributed by atoms with Gasteiger partial charge in [0.1, 0.15) is 0 Å². The van der Waals surface area contributed by atoms with Crippen LogP contribution in [-0.2, 0) is 11.2 Å². The van der Waals surface area contributed by atoms with Gasteiger partial charge in [0.05, 0.1) is 30.5 Å². The van der Waals surface area contributed by atoms with Gasteiger partial charge in [-0.1, -0.05) is 12.2 Å². The second kappa shape index (κ2) is 10.9. The Hall–Kier alpha value is -2.05. The van der Waals surface area contributed by atoms with Crippen LogP contribution in [0.4, 0.5) is 0 Å². The van der Waals surface area contributed by atoms with Crippen LogP contribution in [0.2, 0.25) is 0 Å². The topological polar surface area (TPSA) is 111 Å². The number of carboxylic acids is 1. The number of aliphatic hydroxyl groups excluding tert-OH is 3. The number of hydrogen-bond donors (Lipinski definition) is 4. The first-order valence-electron chi connectivity index (χ1n) is 9.62. The van der Waals surface area contributed by atoms with Gasteiger partial charge in [0.15, 0.2) is 0 Å². The maximum atomic E-state index is 10.5. The number of aliphatic carboxylic acids is 1.